The number of aryl methyl sites for hydroxylation is 2. The van der Waals surface area contributed by atoms with Crippen molar-refractivity contribution < 1.29 is 4.74 Å². The van der Waals surface area contributed by atoms with Crippen LogP contribution in [0.4, 0.5) is 0 Å². The molecule has 0 saturated heterocycles. The van der Waals surface area contributed by atoms with Gasteiger partial charge in [0.15, 0.2) is 0 Å². The van der Waals surface area contributed by atoms with Crippen LogP contribution in [0.5, 0.6) is 0 Å². The van der Waals surface area contributed by atoms with Gasteiger partial charge >= 0.3 is 0 Å². The highest BCUT2D eigenvalue weighted by atomic mass is 79.9. The van der Waals surface area contributed by atoms with Crippen molar-refractivity contribution in [3.63, 3.8) is 0 Å². The first-order chi connectivity index (χ1) is 8.10. The molecule has 1 unspecified atom stereocenters. The van der Waals surface area contributed by atoms with E-state index in [4.69, 9.17) is 4.74 Å². The van der Waals surface area contributed by atoms with Crippen molar-refractivity contribution in [2.45, 2.75) is 39.8 Å². The molecule has 98 valence electrons. The summed E-state index contributed by atoms with van der Waals surface area (Å²) in [5.41, 5.74) is 2.30. The van der Waals surface area contributed by atoms with Gasteiger partial charge in [-0.05, 0) is 36.2 Å². The van der Waals surface area contributed by atoms with Gasteiger partial charge in [-0.15, -0.1) is 0 Å². The summed E-state index contributed by atoms with van der Waals surface area (Å²) in [5, 5.41) is 7.90. The van der Waals surface area contributed by atoms with E-state index in [9.17, 15) is 0 Å². The fraction of sp³-hybridized carbons (Fsp3) is 0.750. The van der Waals surface area contributed by atoms with Crippen LogP contribution in [-0.2, 0) is 24.8 Å². The van der Waals surface area contributed by atoms with Crippen LogP contribution in [-0.4, -0.2) is 29.0 Å². The minimum atomic E-state index is 0.349. The number of aromatic nitrogens is 2. The Bertz CT molecular complexity index is 352. The second-order valence-corrected chi connectivity index (χ2v) is 4.92. The van der Waals surface area contributed by atoms with Crippen LogP contribution in [0.2, 0.25) is 0 Å². The minimum absolute atomic E-state index is 0.349. The fourth-order valence-corrected chi connectivity index (χ4v) is 2.39. The van der Waals surface area contributed by atoms with Crippen molar-refractivity contribution in [1.82, 2.24) is 15.1 Å². The molecule has 0 amide bonds. The summed E-state index contributed by atoms with van der Waals surface area (Å²) < 4.78 is 8.43. The highest BCUT2D eigenvalue weighted by Gasteiger charge is 2.12. The number of hydrogen-bond acceptors (Lipinski definition) is 3. The Morgan fingerprint density at radius 2 is 2.18 bits per heavy atom. The van der Waals surface area contributed by atoms with E-state index in [-0.39, 0.29) is 0 Å². The predicted molar refractivity (Wildman–Crippen MR) is 73.1 cm³/mol. The molecule has 0 saturated carbocycles. The van der Waals surface area contributed by atoms with Gasteiger partial charge in [-0.1, -0.05) is 6.92 Å². The molecule has 5 heteroatoms. The summed E-state index contributed by atoms with van der Waals surface area (Å²) in [5.74, 6) is 0. The van der Waals surface area contributed by atoms with Crippen molar-refractivity contribution in [2.24, 2.45) is 7.05 Å². The highest BCUT2D eigenvalue weighted by Crippen LogP contribution is 2.21. The molecular formula is C12H22BrN3O. The van der Waals surface area contributed by atoms with Crippen LogP contribution in [0.1, 0.15) is 32.2 Å². The number of rotatable bonds is 7. The monoisotopic (exact) mass is 303 g/mol. The van der Waals surface area contributed by atoms with Crippen molar-refractivity contribution >= 4 is 15.9 Å². The zero-order valence-corrected chi connectivity index (χ0v) is 12.7. The molecule has 0 aliphatic heterocycles. The SMILES string of the molecule is CCOCC(C)NCc1c(Br)c(CC)nn1C. The van der Waals surface area contributed by atoms with Gasteiger partial charge < -0.3 is 10.1 Å². The first kappa shape index (κ1) is 14.7. The average Bonchev–Trinajstić information content (AvgIpc) is 2.59. The normalized spacial score (nSPS) is 13.0. The third-order valence-corrected chi connectivity index (χ3v) is 3.61. The lowest BCUT2D eigenvalue weighted by molar-refractivity contribution is 0.126. The molecule has 1 aromatic rings. The minimum Gasteiger partial charge on any atom is -0.380 e. The molecular weight excluding hydrogens is 282 g/mol. The van der Waals surface area contributed by atoms with E-state index in [1.807, 2.05) is 18.7 Å². The fourth-order valence-electron chi connectivity index (χ4n) is 1.64. The molecule has 0 aromatic carbocycles. The molecule has 1 N–H and O–H groups in total. The summed E-state index contributed by atoms with van der Waals surface area (Å²) in [6, 6.07) is 0.349. The van der Waals surface area contributed by atoms with Crippen molar-refractivity contribution in [1.29, 1.82) is 0 Å². The van der Waals surface area contributed by atoms with E-state index in [0.717, 1.165) is 36.3 Å². The number of halogens is 1. The molecule has 0 aliphatic carbocycles. The lowest BCUT2D eigenvalue weighted by Crippen LogP contribution is -2.30. The molecule has 17 heavy (non-hydrogen) atoms. The Morgan fingerprint density at radius 3 is 2.71 bits per heavy atom. The topological polar surface area (TPSA) is 39.1 Å². The van der Waals surface area contributed by atoms with Crippen molar-refractivity contribution in [3.8, 4) is 0 Å². The Labute approximate surface area is 112 Å². The number of hydrogen-bond donors (Lipinski definition) is 1. The van der Waals surface area contributed by atoms with Gasteiger partial charge in [0.2, 0.25) is 0 Å². The molecule has 0 bridgehead atoms. The van der Waals surface area contributed by atoms with Crippen molar-refractivity contribution in [3.05, 3.63) is 15.9 Å². The standard InChI is InChI=1S/C12H22BrN3O/c1-5-10-12(13)11(16(4)15-10)7-14-9(3)8-17-6-2/h9,14H,5-8H2,1-4H3. The first-order valence-electron chi connectivity index (χ1n) is 6.11. The molecule has 1 aromatic heterocycles. The second kappa shape index (κ2) is 7.13. The third kappa shape index (κ3) is 4.08. The number of ether oxygens (including phenoxy) is 1. The van der Waals surface area contributed by atoms with Crippen LogP contribution >= 0.6 is 15.9 Å². The van der Waals surface area contributed by atoms with E-state index in [1.54, 1.807) is 0 Å². The summed E-state index contributed by atoms with van der Waals surface area (Å²) >= 11 is 3.61. The number of nitrogens with zero attached hydrogens (tertiary/aromatic N) is 2. The molecule has 1 heterocycles. The summed E-state index contributed by atoms with van der Waals surface area (Å²) in [6.07, 6.45) is 0.947. The zero-order chi connectivity index (χ0) is 12.8. The average molecular weight is 304 g/mol. The maximum atomic E-state index is 5.37. The van der Waals surface area contributed by atoms with Gasteiger partial charge in [0.05, 0.1) is 22.5 Å². The van der Waals surface area contributed by atoms with Gasteiger partial charge in [-0.3, -0.25) is 4.68 Å². The third-order valence-electron chi connectivity index (χ3n) is 2.69. The smallest absolute Gasteiger partial charge is 0.0767 e. The Hall–Kier alpha value is -0.390. The maximum absolute atomic E-state index is 5.37. The molecule has 1 atom stereocenters. The van der Waals surface area contributed by atoms with Crippen LogP contribution in [0.3, 0.4) is 0 Å². The molecule has 0 radical (unpaired) electrons. The Balaban J connectivity index is 2.54. The summed E-state index contributed by atoms with van der Waals surface area (Å²) in [6.45, 7) is 8.56. The predicted octanol–water partition coefficient (Wildman–Crippen LogP) is 2.26. The van der Waals surface area contributed by atoms with E-state index >= 15 is 0 Å². The van der Waals surface area contributed by atoms with E-state index < -0.39 is 0 Å². The molecule has 0 aliphatic rings. The zero-order valence-electron chi connectivity index (χ0n) is 11.1. The van der Waals surface area contributed by atoms with Gasteiger partial charge in [0, 0.05) is 26.2 Å². The van der Waals surface area contributed by atoms with Crippen molar-refractivity contribution in [2.75, 3.05) is 13.2 Å². The second-order valence-electron chi connectivity index (χ2n) is 4.13. The summed E-state index contributed by atoms with van der Waals surface area (Å²) in [7, 11) is 1.98. The van der Waals surface area contributed by atoms with Gasteiger partial charge in [-0.25, -0.2) is 0 Å². The first-order valence-corrected chi connectivity index (χ1v) is 6.90. The summed E-state index contributed by atoms with van der Waals surface area (Å²) in [4.78, 5) is 0. The highest BCUT2D eigenvalue weighted by molar-refractivity contribution is 9.10. The largest absolute Gasteiger partial charge is 0.380 e. The van der Waals surface area contributed by atoms with E-state index in [2.05, 4.69) is 40.2 Å². The van der Waals surface area contributed by atoms with Gasteiger partial charge in [0.1, 0.15) is 0 Å². The van der Waals surface area contributed by atoms with Crippen LogP contribution in [0.15, 0.2) is 4.47 Å². The molecule has 4 nitrogen and oxygen atoms in total. The quantitative estimate of drug-likeness (QED) is 0.840. The molecule has 0 spiro atoms. The Morgan fingerprint density at radius 1 is 1.47 bits per heavy atom. The molecule has 0 fully saturated rings. The Kier molecular flexibility index (Phi) is 6.16. The van der Waals surface area contributed by atoms with E-state index in [1.165, 1.54) is 5.69 Å². The number of nitrogens with one attached hydrogen (secondary N) is 1. The van der Waals surface area contributed by atoms with Gasteiger partial charge in [-0.2, -0.15) is 5.10 Å². The van der Waals surface area contributed by atoms with Crippen LogP contribution < -0.4 is 5.32 Å². The maximum Gasteiger partial charge on any atom is 0.0767 e. The van der Waals surface area contributed by atoms with Crippen LogP contribution in [0.25, 0.3) is 0 Å². The molecule has 1 rings (SSSR count). The van der Waals surface area contributed by atoms with Gasteiger partial charge in [0.25, 0.3) is 0 Å². The lowest BCUT2D eigenvalue weighted by atomic mass is 10.3. The van der Waals surface area contributed by atoms with Crippen LogP contribution in [0, 0.1) is 0 Å². The van der Waals surface area contributed by atoms with E-state index in [0.29, 0.717) is 6.04 Å². The lowest BCUT2D eigenvalue weighted by Gasteiger charge is -2.13.